The van der Waals surface area contributed by atoms with E-state index in [1.807, 2.05) is 39.8 Å². The molecule has 2 atom stereocenters. The zero-order chi connectivity index (χ0) is 24.7. The highest BCUT2D eigenvalue weighted by molar-refractivity contribution is 7.85. The van der Waals surface area contributed by atoms with Gasteiger partial charge in [-0.05, 0) is 45.2 Å². The van der Waals surface area contributed by atoms with Crippen LogP contribution in [0.25, 0.3) is 10.8 Å². The van der Waals surface area contributed by atoms with Crippen LogP contribution in [0.3, 0.4) is 0 Å². The fourth-order valence-corrected chi connectivity index (χ4v) is 6.07. The molecule has 0 aliphatic rings. The minimum atomic E-state index is -4.87. The lowest BCUT2D eigenvalue weighted by Gasteiger charge is -2.25. The van der Waals surface area contributed by atoms with E-state index in [2.05, 4.69) is 13.8 Å². The highest BCUT2D eigenvalue weighted by Gasteiger charge is 2.42. The molecule has 0 aromatic heterocycles. The molecule has 0 heterocycles. The second-order valence-electron chi connectivity index (χ2n) is 9.41. The van der Waals surface area contributed by atoms with Crippen molar-refractivity contribution in [1.82, 2.24) is 0 Å². The molecule has 3 rings (SSSR count). The van der Waals surface area contributed by atoms with Crippen molar-refractivity contribution < 1.29 is 22.5 Å². The fourth-order valence-electron chi connectivity index (χ4n) is 4.06. The number of hydrogen-bond donors (Lipinski definition) is 1. The zero-order valence-electron chi connectivity index (χ0n) is 19.8. The summed E-state index contributed by atoms with van der Waals surface area (Å²) < 4.78 is 55.0. The van der Waals surface area contributed by atoms with Gasteiger partial charge < -0.3 is 5.11 Å². The third kappa shape index (κ3) is 5.02. The van der Waals surface area contributed by atoms with E-state index in [1.54, 1.807) is 24.3 Å². The zero-order valence-corrected chi connectivity index (χ0v) is 20.6. The first-order chi connectivity index (χ1) is 15.3. The Morgan fingerprint density at radius 2 is 1.30 bits per heavy atom. The van der Waals surface area contributed by atoms with E-state index in [-0.39, 0.29) is 28.2 Å². The molecule has 0 saturated heterocycles. The lowest BCUT2D eigenvalue weighted by Crippen LogP contribution is -2.22. The Hall–Kier alpha value is -2.18. The molecule has 3 aromatic rings. The summed E-state index contributed by atoms with van der Waals surface area (Å²) in [5, 5.41) is 11.3. The van der Waals surface area contributed by atoms with Crippen LogP contribution in [0, 0.1) is 0 Å². The molecule has 0 aliphatic carbocycles. The van der Waals surface area contributed by atoms with Gasteiger partial charge in [-0.25, -0.2) is 4.21 Å². The van der Waals surface area contributed by atoms with E-state index in [0.717, 1.165) is 16.7 Å². The normalized spacial score (nSPS) is 14.5. The minimum absolute atomic E-state index is 0.0196. The average Bonchev–Trinajstić information content (AvgIpc) is 2.75. The van der Waals surface area contributed by atoms with Crippen LogP contribution >= 0.6 is 0 Å². The Bertz CT molecular complexity index is 1150. The quantitative estimate of drug-likeness (QED) is 0.392. The van der Waals surface area contributed by atoms with Gasteiger partial charge in [-0.1, -0.05) is 90.1 Å². The molecule has 0 spiro atoms. The van der Waals surface area contributed by atoms with Crippen molar-refractivity contribution in [3.05, 3.63) is 70.8 Å². The van der Waals surface area contributed by atoms with Crippen molar-refractivity contribution in [2.45, 2.75) is 81.4 Å². The number of alkyl halides is 3. The molecular formula is C27H31F3O2S. The molecule has 33 heavy (non-hydrogen) atoms. The van der Waals surface area contributed by atoms with Gasteiger partial charge in [0.15, 0.2) is 6.10 Å². The number of benzene rings is 3. The second kappa shape index (κ2) is 9.59. The first-order valence-electron chi connectivity index (χ1n) is 11.2. The van der Waals surface area contributed by atoms with Crippen LogP contribution < -0.4 is 0 Å². The predicted molar refractivity (Wildman–Crippen MR) is 128 cm³/mol. The van der Waals surface area contributed by atoms with Gasteiger partial charge in [-0.2, -0.15) is 13.2 Å². The van der Waals surface area contributed by atoms with E-state index in [9.17, 15) is 22.5 Å². The first-order valence-corrected chi connectivity index (χ1v) is 12.4. The monoisotopic (exact) mass is 476 g/mol. The summed E-state index contributed by atoms with van der Waals surface area (Å²) in [4.78, 5) is 0.579. The molecule has 0 unspecified atom stereocenters. The first kappa shape index (κ1) is 25.4. The maximum atomic E-state index is 14.3. The summed E-state index contributed by atoms with van der Waals surface area (Å²) >= 11 is 0. The van der Waals surface area contributed by atoms with Crippen LogP contribution in [-0.4, -0.2) is 15.5 Å². The van der Waals surface area contributed by atoms with Crippen LogP contribution in [0.2, 0.25) is 0 Å². The molecular weight excluding hydrogens is 445 g/mol. The maximum Gasteiger partial charge on any atom is 0.418 e. The van der Waals surface area contributed by atoms with Gasteiger partial charge in [-0.15, -0.1) is 0 Å². The number of aliphatic hydroxyl groups is 1. The van der Waals surface area contributed by atoms with E-state index >= 15 is 0 Å². The van der Waals surface area contributed by atoms with Crippen LogP contribution in [-0.2, 0) is 10.8 Å². The second-order valence-corrected chi connectivity index (χ2v) is 10.8. The van der Waals surface area contributed by atoms with Crippen molar-refractivity contribution in [2.24, 2.45) is 0 Å². The van der Waals surface area contributed by atoms with Gasteiger partial charge in [0.1, 0.15) is 0 Å². The van der Waals surface area contributed by atoms with Gasteiger partial charge in [0.2, 0.25) is 0 Å². The Balaban J connectivity index is 2.42. The summed E-state index contributed by atoms with van der Waals surface area (Å²) in [5.41, 5.74) is 2.47. The summed E-state index contributed by atoms with van der Waals surface area (Å²) in [5.74, 6) is 0.292. The molecule has 6 heteroatoms. The Morgan fingerprint density at radius 3 is 1.79 bits per heavy atom. The summed E-state index contributed by atoms with van der Waals surface area (Å²) in [7, 11) is -1.93. The SMILES string of the molecule is CC(C)c1cc(C(C)C)c([S@@](=O)c2c([C@@H](O)C(F)(F)F)ccc3ccccc23)c(C(C)C)c1. The predicted octanol–water partition coefficient (Wildman–Crippen LogP) is 7.97. The molecule has 0 aliphatic heterocycles. The summed E-state index contributed by atoms with van der Waals surface area (Å²) in [6.07, 6.45) is -7.59. The molecule has 0 amide bonds. The molecule has 0 radical (unpaired) electrons. The third-order valence-corrected chi connectivity index (χ3v) is 7.63. The number of rotatable bonds is 6. The van der Waals surface area contributed by atoms with E-state index in [1.165, 1.54) is 12.1 Å². The lowest BCUT2D eigenvalue weighted by atomic mass is 9.89. The summed E-state index contributed by atoms with van der Waals surface area (Å²) in [6, 6.07) is 13.8. The van der Waals surface area contributed by atoms with Crippen molar-refractivity contribution >= 4 is 21.6 Å². The average molecular weight is 477 g/mol. The number of aliphatic hydroxyl groups excluding tert-OH is 1. The van der Waals surface area contributed by atoms with E-state index < -0.39 is 23.1 Å². The van der Waals surface area contributed by atoms with Gasteiger partial charge >= 0.3 is 6.18 Å². The van der Waals surface area contributed by atoms with Crippen LogP contribution in [0.15, 0.2) is 58.3 Å². The van der Waals surface area contributed by atoms with Crippen LogP contribution in [0.5, 0.6) is 0 Å². The van der Waals surface area contributed by atoms with Gasteiger partial charge in [0, 0.05) is 5.56 Å². The summed E-state index contributed by atoms with van der Waals surface area (Å²) in [6.45, 7) is 12.2. The molecule has 0 fully saturated rings. The standard InChI is InChI=1S/C27H31F3O2S/c1-15(2)19-13-22(16(3)4)25(23(14-19)17(5)6)33(32)24-20-10-8-7-9-18(20)11-12-21(24)26(31)27(28,29)30/h7-17,26,31H,1-6H3/t26-,33+/m1/s1. The molecule has 1 N–H and O–H groups in total. The minimum Gasteiger partial charge on any atom is -0.379 e. The van der Waals surface area contributed by atoms with Gasteiger partial charge in [0.25, 0.3) is 0 Å². The lowest BCUT2D eigenvalue weighted by molar-refractivity contribution is -0.207. The molecule has 178 valence electrons. The number of hydrogen-bond acceptors (Lipinski definition) is 2. The van der Waals surface area contributed by atoms with Crippen molar-refractivity contribution in [3.63, 3.8) is 0 Å². The van der Waals surface area contributed by atoms with E-state index in [4.69, 9.17) is 0 Å². The van der Waals surface area contributed by atoms with Crippen LogP contribution in [0.1, 0.15) is 87.7 Å². The maximum absolute atomic E-state index is 14.3. The topological polar surface area (TPSA) is 37.3 Å². The van der Waals surface area contributed by atoms with E-state index in [0.29, 0.717) is 15.7 Å². The van der Waals surface area contributed by atoms with Crippen molar-refractivity contribution in [3.8, 4) is 0 Å². The largest absolute Gasteiger partial charge is 0.418 e. The molecule has 2 nitrogen and oxygen atoms in total. The Labute approximate surface area is 196 Å². The highest BCUT2D eigenvalue weighted by atomic mass is 32.2. The fraction of sp³-hybridized carbons (Fsp3) is 0.407. The van der Waals surface area contributed by atoms with Crippen LogP contribution in [0.4, 0.5) is 13.2 Å². The molecule has 0 bridgehead atoms. The van der Waals surface area contributed by atoms with Crippen molar-refractivity contribution in [2.75, 3.05) is 0 Å². The van der Waals surface area contributed by atoms with Crippen molar-refractivity contribution in [1.29, 1.82) is 0 Å². The Morgan fingerprint density at radius 1 is 0.758 bits per heavy atom. The number of halogens is 3. The Kier molecular flexibility index (Phi) is 7.39. The third-order valence-electron chi connectivity index (χ3n) is 5.96. The van der Waals surface area contributed by atoms with Gasteiger partial charge in [0.05, 0.1) is 20.6 Å². The highest BCUT2D eigenvalue weighted by Crippen LogP contribution is 2.42. The van der Waals surface area contributed by atoms with Gasteiger partial charge in [-0.3, -0.25) is 0 Å². The molecule has 0 saturated carbocycles. The number of fused-ring (bicyclic) bond motifs is 1. The molecule has 3 aromatic carbocycles. The smallest absolute Gasteiger partial charge is 0.379 e.